The highest BCUT2D eigenvalue weighted by molar-refractivity contribution is 4.99. The summed E-state index contributed by atoms with van der Waals surface area (Å²) in [7, 11) is 0. The molecule has 0 amide bonds. The van der Waals surface area contributed by atoms with Gasteiger partial charge in [0.1, 0.15) is 0 Å². The lowest BCUT2D eigenvalue weighted by Crippen LogP contribution is -2.36. The van der Waals surface area contributed by atoms with Gasteiger partial charge in [0.15, 0.2) is 0 Å². The van der Waals surface area contributed by atoms with E-state index in [-0.39, 0.29) is 0 Å². The van der Waals surface area contributed by atoms with Crippen LogP contribution in [0.2, 0.25) is 0 Å². The quantitative estimate of drug-likeness (QED) is 0.613. The third kappa shape index (κ3) is 2.42. The second-order valence-electron chi connectivity index (χ2n) is 7.52. The van der Waals surface area contributed by atoms with Crippen molar-refractivity contribution in [3.8, 4) is 0 Å². The second kappa shape index (κ2) is 4.94. The Morgan fingerprint density at radius 2 is 1.71 bits per heavy atom. The van der Waals surface area contributed by atoms with Crippen molar-refractivity contribution in [3.63, 3.8) is 0 Å². The van der Waals surface area contributed by atoms with Gasteiger partial charge >= 0.3 is 0 Å². The smallest absolute Gasteiger partial charge is 0.0326 e. The summed E-state index contributed by atoms with van der Waals surface area (Å²) in [5, 5.41) is 0. The minimum absolute atomic E-state index is 0.901. The SMILES string of the molecule is CCC1CC(C)C1CC(C)C1C(C)C1C(C)C. The van der Waals surface area contributed by atoms with E-state index in [1.165, 1.54) is 19.3 Å². The first kappa shape index (κ1) is 13.4. The number of hydrogen-bond donors (Lipinski definition) is 0. The first-order valence-corrected chi connectivity index (χ1v) is 7.97. The zero-order valence-electron chi connectivity index (χ0n) is 12.7. The summed E-state index contributed by atoms with van der Waals surface area (Å²) in [4.78, 5) is 0. The first-order chi connectivity index (χ1) is 7.97. The molecule has 0 aliphatic heterocycles. The third-order valence-electron chi connectivity index (χ3n) is 6.12. The highest BCUT2D eigenvalue weighted by atomic mass is 14.6. The molecule has 2 aliphatic rings. The molecule has 0 aromatic carbocycles. The lowest BCUT2D eigenvalue weighted by molar-refractivity contribution is 0.0554. The second-order valence-corrected chi connectivity index (χ2v) is 7.52. The molecule has 0 aromatic heterocycles. The molecule has 100 valence electrons. The van der Waals surface area contributed by atoms with E-state index in [0.717, 1.165) is 47.3 Å². The van der Waals surface area contributed by atoms with Gasteiger partial charge < -0.3 is 0 Å². The van der Waals surface area contributed by atoms with Crippen LogP contribution >= 0.6 is 0 Å². The Kier molecular flexibility index (Phi) is 3.90. The highest BCUT2D eigenvalue weighted by Crippen LogP contribution is 2.57. The highest BCUT2D eigenvalue weighted by Gasteiger charge is 2.51. The van der Waals surface area contributed by atoms with Crippen LogP contribution in [-0.4, -0.2) is 0 Å². The van der Waals surface area contributed by atoms with Crippen molar-refractivity contribution in [1.29, 1.82) is 0 Å². The van der Waals surface area contributed by atoms with Crippen LogP contribution in [0.5, 0.6) is 0 Å². The molecule has 0 N–H and O–H groups in total. The summed E-state index contributed by atoms with van der Waals surface area (Å²) < 4.78 is 0. The van der Waals surface area contributed by atoms with Crippen LogP contribution in [0.15, 0.2) is 0 Å². The van der Waals surface area contributed by atoms with E-state index in [2.05, 4.69) is 41.5 Å². The van der Waals surface area contributed by atoms with Gasteiger partial charge in [-0.2, -0.15) is 0 Å². The maximum atomic E-state index is 2.53. The molecule has 0 saturated heterocycles. The number of rotatable bonds is 5. The Labute approximate surface area is 109 Å². The molecular weight excluding hydrogens is 204 g/mol. The van der Waals surface area contributed by atoms with Crippen LogP contribution in [0, 0.1) is 47.3 Å². The van der Waals surface area contributed by atoms with E-state index in [4.69, 9.17) is 0 Å². The van der Waals surface area contributed by atoms with Gasteiger partial charge in [0.2, 0.25) is 0 Å². The van der Waals surface area contributed by atoms with E-state index in [9.17, 15) is 0 Å². The topological polar surface area (TPSA) is 0 Å². The van der Waals surface area contributed by atoms with Crippen molar-refractivity contribution in [2.24, 2.45) is 47.3 Å². The number of hydrogen-bond acceptors (Lipinski definition) is 0. The Morgan fingerprint density at radius 1 is 1.06 bits per heavy atom. The monoisotopic (exact) mass is 236 g/mol. The van der Waals surface area contributed by atoms with Crippen LogP contribution in [0.1, 0.15) is 60.8 Å². The minimum atomic E-state index is 0.901. The van der Waals surface area contributed by atoms with Crippen molar-refractivity contribution in [3.05, 3.63) is 0 Å². The molecule has 2 aliphatic carbocycles. The first-order valence-electron chi connectivity index (χ1n) is 7.97. The van der Waals surface area contributed by atoms with E-state index in [1.54, 1.807) is 0 Å². The molecule has 2 rings (SSSR count). The van der Waals surface area contributed by atoms with Crippen molar-refractivity contribution < 1.29 is 0 Å². The Hall–Kier alpha value is 0. The fourth-order valence-corrected chi connectivity index (χ4v) is 5.05. The van der Waals surface area contributed by atoms with Gasteiger partial charge in [-0.05, 0) is 60.2 Å². The van der Waals surface area contributed by atoms with Crippen LogP contribution in [0.25, 0.3) is 0 Å². The van der Waals surface area contributed by atoms with E-state index < -0.39 is 0 Å². The lowest BCUT2D eigenvalue weighted by atomic mass is 9.61. The van der Waals surface area contributed by atoms with E-state index in [1.807, 2.05) is 0 Å². The van der Waals surface area contributed by atoms with Gasteiger partial charge in [-0.15, -0.1) is 0 Å². The maximum Gasteiger partial charge on any atom is -0.0326 e. The van der Waals surface area contributed by atoms with E-state index >= 15 is 0 Å². The van der Waals surface area contributed by atoms with Crippen LogP contribution in [0.3, 0.4) is 0 Å². The van der Waals surface area contributed by atoms with Crippen LogP contribution < -0.4 is 0 Å². The lowest BCUT2D eigenvalue weighted by Gasteiger charge is -2.44. The van der Waals surface area contributed by atoms with Crippen molar-refractivity contribution >= 4 is 0 Å². The maximum absolute atomic E-state index is 2.53. The minimum Gasteiger partial charge on any atom is -0.0651 e. The zero-order chi connectivity index (χ0) is 12.7. The largest absolute Gasteiger partial charge is 0.0651 e. The molecule has 0 bridgehead atoms. The molecule has 0 radical (unpaired) electrons. The summed E-state index contributed by atoms with van der Waals surface area (Å²) in [6, 6.07) is 0. The fraction of sp³-hybridized carbons (Fsp3) is 1.00. The summed E-state index contributed by atoms with van der Waals surface area (Å²) >= 11 is 0. The molecule has 0 heterocycles. The molecule has 0 aromatic rings. The Balaban J connectivity index is 1.84. The average Bonchev–Trinajstić information content (AvgIpc) is 2.94. The van der Waals surface area contributed by atoms with Crippen molar-refractivity contribution in [2.75, 3.05) is 0 Å². The summed E-state index contributed by atoms with van der Waals surface area (Å²) in [5.74, 6) is 8.06. The zero-order valence-corrected chi connectivity index (χ0v) is 12.7. The Morgan fingerprint density at radius 3 is 2.12 bits per heavy atom. The summed E-state index contributed by atoms with van der Waals surface area (Å²) in [6.45, 7) is 14.7. The summed E-state index contributed by atoms with van der Waals surface area (Å²) in [6.07, 6.45) is 4.43. The summed E-state index contributed by atoms with van der Waals surface area (Å²) in [5.41, 5.74) is 0. The normalized spacial score (nSPS) is 46.8. The Bertz CT molecular complexity index is 255. The molecule has 0 nitrogen and oxygen atoms in total. The van der Waals surface area contributed by atoms with Crippen molar-refractivity contribution in [1.82, 2.24) is 0 Å². The van der Waals surface area contributed by atoms with Gasteiger partial charge in [-0.25, -0.2) is 0 Å². The molecule has 2 saturated carbocycles. The van der Waals surface area contributed by atoms with Gasteiger partial charge in [0.25, 0.3) is 0 Å². The molecule has 0 spiro atoms. The predicted molar refractivity (Wildman–Crippen MR) is 75.8 cm³/mol. The molecule has 0 heteroatoms. The standard InChI is InChI=1S/C17H32/c1-7-14-8-11(4)15(14)9-12(5)17-13(6)16(17)10(2)3/h10-17H,7-9H2,1-6H3. The predicted octanol–water partition coefficient (Wildman–Crippen LogP) is 5.23. The fourth-order valence-electron chi connectivity index (χ4n) is 5.05. The average molecular weight is 236 g/mol. The van der Waals surface area contributed by atoms with Gasteiger partial charge in [-0.1, -0.05) is 48.0 Å². The van der Waals surface area contributed by atoms with Gasteiger partial charge in [0, 0.05) is 0 Å². The van der Waals surface area contributed by atoms with Gasteiger partial charge in [-0.3, -0.25) is 0 Å². The van der Waals surface area contributed by atoms with Crippen LogP contribution in [-0.2, 0) is 0 Å². The molecule has 2 fully saturated rings. The third-order valence-corrected chi connectivity index (χ3v) is 6.12. The molecule has 17 heavy (non-hydrogen) atoms. The molecule has 7 unspecified atom stereocenters. The molecule has 7 atom stereocenters. The van der Waals surface area contributed by atoms with Crippen molar-refractivity contribution in [2.45, 2.75) is 60.8 Å². The van der Waals surface area contributed by atoms with Crippen LogP contribution in [0.4, 0.5) is 0 Å². The van der Waals surface area contributed by atoms with Gasteiger partial charge in [0.05, 0.1) is 0 Å². The molecular formula is C17H32. The van der Waals surface area contributed by atoms with E-state index in [0.29, 0.717) is 0 Å².